The molecule has 2 heterocycles. The van der Waals surface area contributed by atoms with Gasteiger partial charge in [0.15, 0.2) is 11.6 Å². The Kier molecular flexibility index (Phi) is 6.16. The zero-order chi connectivity index (χ0) is 23.8. The van der Waals surface area contributed by atoms with Crippen molar-refractivity contribution in [1.82, 2.24) is 30.9 Å². The van der Waals surface area contributed by atoms with Crippen LogP contribution in [0.5, 0.6) is 0 Å². The summed E-state index contributed by atoms with van der Waals surface area (Å²) < 4.78 is 10.4. The quantitative estimate of drug-likeness (QED) is 0.656. The molecule has 3 saturated carbocycles. The summed E-state index contributed by atoms with van der Waals surface area (Å²) in [5, 5.41) is 14.8. The molecular formula is C24H34N6O4. The van der Waals surface area contributed by atoms with Crippen molar-refractivity contribution in [2.45, 2.75) is 102 Å². The molecule has 184 valence electrons. The maximum absolute atomic E-state index is 13.4. The lowest BCUT2D eigenvalue weighted by Crippen LogP contribution is -2.50. The second-order valence-electron chi connectivity index (χ2n) is 10.4. The number of hydrogen-bond donors (Lipinski definition) is 2. The monoisotopic (exact) mass is 470 g/mol. The van der Waals surface area contributed by atoms with Gasteiger partial charge in [-0.1, -0.05) is 42.4 Å². The molecule has 2 amide bonds. The molecule has 2 N–H and O–H groups in total. The summed E-state index contributed by atoms with van der Waals surface area (Å²) in [5.41, 5.74) is -1.12. The first-order chi connectivity index (χ1) is 16.4. The number of carbonyl (C=O) groups is 2. The Morgan fingerprint density at radius 2 is 1.15 bits per heavy atom. The molecule has 2 atom stereocenters. The predicted molar refractivity (Wildman–Crippen MR) is 120 cm³/mol. The summed E-state index contributed by atoms with van der Waals surface area (Å²) in [4.78, 5) is 35.6. The standard InChI is InChI=1S/C24H34N6O4/c1-15-25-21(29-33-15)23(10-3-4-11-23)27-19(31)17-8-7-9-18(14-17)20(32)28-24(12-5-6-13-24)22-26-16(2)34-30-22/h17-18H,3-14H2,1-2H3,(H,27,31)(H,28,32). The molecular weight excluding hydrogens is 436 g/mol. The van der Waals surface area contributed by atoms with Crippen LogP contribution in [-0.2, 0) is 20.7 Å². The van der Waals surface area contributed by atoms with Crippen LogP contribution in [-0.4, -0.2) is 32.1 Å². The minimum atomic E-state index is -0.561. The zero-order valence-electron chi connectivity index (χ0n) is 20.1. The van der Waals surface area contributed by atoms with Gasteiger partial charge < -0.3 is 19.7 Å². The van der Waals surface area contributed by atoms with Crippen molar-refractivity contribution >= 4 is 11.8 Å². The number of amides is 2. The average Bonchev–Trinajstić information content (AvgIpc) is 3.62. The third-order valence-electron chi connectivity index (χ3n) is 7.97. The van der Waals surface area contributed by atoms with Gasteiger partial charge in [0.1, 0.15) is 11.1 Å². The zero-order valence-corrected chi connectivity index (χ0v) is 20.1. The van der Waals surface area contributed by atoms with Crippen molar-refractivity contribution < 1.29 is 18.6 Å². The summed E-state index contributed by atoms with van der Waals surface area (Å²) in [5.74, 6) is 1.71. The fraction of sp³-hybridized carbons (Fsp3) is 0.750. The van der Waals surface area contributed by atoms with Crippen LogP contribution in [0, 0.1) is 25.7 Å². The molecule has 34 heavy (non-hydrogen) atoms. The Bertz CT molecular complexity index is 954. The van der Waals surface area contributed by atoms with E-state index in [4.69, 9.17) is 9.05 Å². The molecule has 10 heteroatoms. The summed E-state index contributed by atoms with van der Waals surface area (Å²) in [6.07, 6.45) is 10.2. The molecule has 5 rings (SSSR count). The topological polar surface area (TPSA) is 136 Å². The second-order valence-corrected chi connectivity index (χ2v) is 10.4. The van der Waals surface area contributed by atoms with Crippen LogP contribution in [0.15, 0.2) is 9.05 Å². The van der Waals surface area contributed by atoms with Crippen molar-refractivity contribution in [1.29, 1.82) is 0 Å². The summed E-state index contributed by atoms with van der Waals surface area (Å²) in [7, 11) is 0. The van der Waals surface area contributed by atoms with Crippen LogP contribution in [0.2, 0.25) is 0 Å². The molecule has 0 saturated heterocycles. The van der Waals surface area contributed by atoms with E-state index in [1.165, 1.54) is 0 Å². The second kappa shape index (κ2) is 9.11. The molecule has 2 aromatic rings. The van der Waals surface area contributed by atoms with Crippen molar-refractivity contribution in [3.8, 4) is 0 Å². The fourth-order valence-corrected chi connectivity index (χ4v) is 6.10. The third-order valence-corrected chi connectivity index (χ3v) is 7.97. The Morgan fingerprint density at radius 3 is 1.50 bits per heavy atom. The first-order valence-corrected chi connectivity index (χ1v) is 12.6. The van der Waals surface area contributed by atoms with E-state index in [1.54, 1.807) is 13.8 Å². The van der Waals surface area contributed by atoms with E-state index < -0.39 is 11.1 Å². The largest absolute Gasteiger partial charge is 0.343 e. The van der Waals surface area contributed by atoms with Gasteiger partial charge in [0.05, 0.1) is 0 Å². The van der Waals surface area contributed by atoms with Crippen LogP contribution in [0.1, 0.15) is 100 Å². The number of carbonyl (C=O) groups excluding carboxylic acids is 2. The fourth-order valence-electron chi connectivity index (χ4n) is 6.10. The molecule has 0 bridgehead atoms. The number of hydrogen-bond acceptors (Lipinski definition) is 8. The molecule has 3 aliphatic rings. The highest BCUT2D eigenvalue weighted by Crippen LogP contribution is 2.40. The number of rotatable bonds is 6. The third kappa shape index (κ3) is 4.34. The van der Waals surface area contributed by atoms with Gasteiger partial charge in [-0.15, -0.1) is 0 Å². The lowest BCUT2D eigenvalue weighted by molar-refractivity contribution is -0.132. The van der Waals surface area contributed by atoms with Gasteiger partial charge in [0.25, 0.3) is 0 Å². The maximum Gasteiger partial charge on any atom is 0.223 e. The van der Waals surface area contributed by atoms with E-state index in [-0.39, 0.29) is 23.7 Å². The number of nitrogens with one attached hydrogen (secondary N) is 2. The Labute approximate surface area is 199 Å². The van der Waals surface area contributed by atoms with E-state index in [1.807, 2.05) is 0 Å². The maximum atomic E-state index is 13.4. The first-order valence-electron chi connectivity index (χ1n) is 12.6. The molecule has 3 aliphatic carbocycles. The van der Waals surface area contributed by atoms with Gasteiger partial charge in [0, 0.05) is 25.7 Å². The van der Waals surface area contributed by atoms with Crippen LogP contribution in [0.4, 0.5) is 0 Å². The van der Waals surface area contributed by atoms with Crippen molar-refractivity contribution in [3.05, 3.63) is 23.4 Å². The van der Waals surface area contributed by atoms with E-state index in [2.05, 4.69) is 30.9 Å². The minimum Gasteiger partial charge on any atom is -0.343 e. The molecule has 0 aromatic carbocycles. The minimum absolute atomic E-state index is 0.00812. The van der Waals surface area contributed by atoms with Crippen molar-refractivity contribution in [2.24, 2.45) is 11.8 Å². The summed E-state index contributed by atoms with van der Waals surface area (Å²) in [6, 6.07) is 0. The Morgan fingerprint density at radius 1 is 0.735 bits per heavy atom. The van der Waals surface area contributed by atoms with Crippen LogP contribution < -0.4 is 10.6 Å². The van der Waals surface area contributed by atoms with Crippen LogP contribution in [0.3, 0.4) is 0 Å². The van der Waals surface area contributed by atoms with Crippen molar-refractivity contribution in [3.63, 3.8) is 0 Å². The summed E-state index contributed by atoms with van der Waals surface area (Å²) >= 11 is 0. The van der Waals surface area contributed by atoms with Gasteiger partial charge in [-0.3, -0.25) is 9.59 Å². The van der Waals surface area contributed by atoms with Gasteiger partial charge in [-0.2, -0.15) is 9.97 Å². The van der Waals surface area contributed by atoms with Gasteiger partial charge >= 0.3 is 0 Å². The Balaban J connectivity index is 1.26. The number of aromatic nitrogens is 4. The highest BCUT2D eigenvalue weighted by molar-refractivity contribution is 5.83. The predicted octanol–water partition coefficient (Wildman–Crippen LogP) is 3.35. The van der Waals surface area contributed by atoms with Gasteiger partial charge in [0.2, 0.25) is 23.6 Å². The van der Waals surface area contributed by atoms with E-state index in [0.717, 1.165) is 70.6 Å². The average molecular weight is 471 g/mol. The number of nitrogens with zero attached hydrogens (tertiary/aromatic N) is 4. The molecule has 3 fully saturated rings. The van der Waals surface area contributed by atoms with E-state index in [9.17, 15) is 9.59 Å². The molecule has 0 radical (unpaired) electrons. The van der Waals surface area contributed by atoms with Crippen LogP contribution >= 0.6 is 0 Å². The van der Waals surface area contributed by atoms with E-state index in [0.29, 0.717) is 29.9 Å². The number of aryl methyl sites for hydroxylation is 2. The lowest BCUT2D eigenvalue weighted by Gasteiger charge is -2.34. The van der Waals surface area contributed by atoms with E-state index >= 15 is 0 Å². The highest BCUT2D eigenvalue weighted by Gasteiger charge is 2.45. The van der Waals surface area contributed by atoms with Gasteiger partial charge in [-0.05, 0) is 44.9 Å². The normalized spacial score (nSPS) is 25.8. The smallest absolute Gasteiger partial charge is 0.223 e. The summed E-state index contributed by atoms with van der Waals surface area (Å²) in [6.45, 7) is 3.52. The SMILES string of the molecule is Cc1nc(C2(NC(=O)C3CCCC(C(=O)NC4(c5noc(C)n5)CCCC4)C3)CCCC2)no1. The molecule has 10 nitrogen and oxygen atoms in total. The lowest BCUT2D eigenvalue weighted by atomic mass is 9.79. The first kappa shape index (κ1) is 23.0. The molecule has 0 spiro atoms. The Hall–Kier alpha value is -2.78. The van der Waals surface area contributed by atoms with Gasteiger partial charge in [-0.25, -0.2) is 0 Å². The molecule has 2 unspecified atom stereocenters. The highest BCUT2D eigenvalue weighted by atomic mass is 16.5. The molecule has 2 aromatic heterocycles. The van der Waals surface area contributed by atoms with Crippen LogP contribution in [0.25, 0.3) is 0 Å². The molecule has 0 aliphatic heterocycles. The van der Waals surface area contributed by atoms with Crippen molar-refractivity contribution in [2.75, 3.05) is 0 Å².